The molecule has 0 aromatic heterocycles. The van der Waals surface area contributed by atoms with Crippen LogP contribution in [0.3, 0.4) is 0 Å². The van der Waals surface area contributed by atoms with E-state index in [4.69, 9.17) is 11.6 Å². The molecule has 2 fully saturated rings. The number of amides is 2. The molecule has 26 heavy (non-hydrogen) atoms. The standard InChI is InChI=1S/C21H24ClN3O/c22-18-6-1-4-16(12-18)17-5-2-7-19(13-17)24-20(26)25-11-3-8-21(15-25)9-10-23-14-21/h1-2,4-7,12-13,23H,3,8-11,14-15H2,(H,24,26)/t21-/m1/s1. The van der Waals surface area contributed by atoms with Gasteiger partial charge in [-0.25, -0.2) is 4.79 Å². The van der Waals surface area contributed by atoms with E-state index in [0.717, 1.165) is 49.4 Å². The van der Waals surface area contributed by atoms with Crippen LogP contribution in [0.15, 0.2) is 48.5 Å². The maximum absolute atomic E-state index is 12.8. The van der Waals surface area contributed by atoms with E-state index in [0.29, 0.717) is 5.02 Å². The highest BCUT2D eigenvalue weighted by Gasteiger charge is 2.39. The quantitative estimate of drug-likeness (QED) is 0.811. The predicted octanol–water partition coefficient (Wildman–Crippen LogP) is 4.61. The van der Waals surface area contributed by atoms with E-state index in [1.807, 2.05) is 53.4 Å². The lowest BCUT2D eigenvalue weighted by Gasteiger charge is -2.39. The Morgan fingerprint density at radius 1 is 1.12 bits per heavy atom. The van der Waals surface area contributed by atoms with Crippen molar-refractivity contribution in [1.29, 1.82) is 0 Å². The second-order valence-corrected chi connectivity index (χ2v) is 7.91. The fraction of sp³-hybridized carbons (Fsp3) is 0.381. The number of benzene rings is 2. The molecule has 136 valence electrons. The van der Waals surface area contributed by atoms with Crippen molar-refractivity contribution < 1.29 is 4.79 Å². The van der Waals surface area contributed by atoms with Crippen molar-refractivity contribution in [3.63, 3.8) is 0 Å². The summed E-state index contributed by atoms with van der Waals surface area (Å²) in [5.41, 5.74) is 3.18. The van der Waals surface area contributed by atoms with Gasteiger partial charge in [0, 0.05) is 35.8 Å². The van der Waals surface area contributed by atoms with Gasteiger partial charge in [0.1, 0.15) is 0 Å². The van der Waals surface area contributed by atoms with E-state index in [9.17, 15) is 4.79 Å². The zero-order valence-electron chi connectivity index (χ0n) is 14.8. The summed E-state index contributed by atoms with van der Waals surface area (Å²) in [5.74, 6) is 0. The van der Waals surface area contributed by atoms with Crippen LogP contribution in [-0.4, -0.2) is 37.1 Å². The van der Waals surface area contributed by atoms with Crippen molar-refractivity contribution in [3.05, 3.63) is 53.6 Å². The highest BCUT2D eigenvalue weighted by atomic mass is 35.5. The molecular weight excluding hydrogens is 346 g/mol. The van der Waals surface area contributed by atoms with E-state index in [1.165, 1.54) is 12.8 Å². The van der Waals surface area contributed by atoms with Crippen LogP contribution < -0.4 is 10.6 Å². The highest BCUT2D eigenvalue weighted by Crippen LogP contribution is 2.35. The van der Waals surface area contributed by atoms with Gasteiger partial charge < -0.3 is 15.5 Å². The molecular formula is C21H24ClN3O. The number of nitrogens with zero attached hydrogens (tertiary/aromatic N) is 1. The van der Waals surface area contributed by atoms with E-state index in [2.05, 4.69) is 10.6 Å². The lowest BCUT2D eigenvalue weighted by Crippen LogP contribution is -2.48. The fourth-order valence-electron chi connectivity index (χ4n) is 4.17. The first kappa shape index (κ1) is 17.4. The normalized spacial score (nSPS) is 22.6. The SMILES string of the molecule is O=C(Nc1cccc(-c2cccc(Cl)c2)c1)N1CCC[C@]2(CCNC2)C1. The number of anilines is 1. The molecule has 2 aliphatic rings. The monoisotopic (exact) mass is 369 g/mol. The Morgan fingerprint density at radius 2 is 1.92 bits per heavy atom. The third-order valence-electron chi connectivity index (χ3n) is 5.55. The van der Waals surface area contributed by atoms with Gasteiger partial charge in [0.2, 0.25) is 0 Å². The average Bonchev–Trinajstić information content (AvgIpc) is 3.09. The van der Waals surface area contributed by atoms with Crippen LogP contribution in [0.1, 0.15) is 19.3 Å². The smallest absolute Gasteiger partial charge is 0.321 e. The van der Waals surface area contributed by atoms with Gasteiger partial charge in [-0.3, -0.25) is 0 Å². The Balaban J connectivity index is 1.47. The van der Waals surface area contributed by atoms with Gasteiger partial charge >= 0.3 is 6.03 Å². The summed E-state index contributed by atoms with van der Waals surface area (Å²) in [7, 11) is 0. The third-order valence-corrected chi connectivity index (χ3v) is 5.79. The van der Waals surface area contributed by atoms with Gasteiger partial charge in [0.25, 0.3) is 0 Å². The summed E-state index contributed by atoms with van der Waals surface area (Å²) in [4.78, 5) is 14.8. The first-order valence-corrected chi connectivity index (χ1v) is 9.64. The molecule has 4 rings (SSSR count). The molecule has 0 saturated carbocycles. The van der Waals surface area contributed by atoms with Crippen molar-refractivity contribution in [2.24, 2.45) is 5.41 Å². The second-order valence-electron chi connectivity index (χ2n) is 7.47. The van der Waals surface area contributed by atoms with Crippen molar-refractivity contribution in [1.82, 2.24) is 10.2 Å². The van der Waals surface area contributed by atoms with Gasteiger partial charge in [-0.05, 0) is 61.2 Å². The molecule has 2 aromatic rings. The van der Waals surface area contributed by atoms with Crippen LogP contribution in [0, 0.1) is 5.41 Å². The maximum atomic E-state index is 12.8. The molecule has 2 aliphatic heterocycles. The van der Waals surface area contributed by atoms with Crippen molar-refractivity contribution in [2.45, 2.75) is 19.3 Å². The molecule has 0 radical (unpaired) electrons. The topological polar surface area (TPSA) is 44.4 Å². The van der Waals surface area contributed by atoms with Crippen molar-refractivity contribution >= 4 is 23.3 Å². The van der Waals surface area contributed by atoms with Crippen LogP contribution in [0.4, 0.5) is 10.5 Å². The number of carbonyl (C=O) groups is 1. The van der Waals surface area contributed by atoms with E-state index in [-0.39, 0.29) is 11.4 Å². The molecule has 0 aliphatic carbocycles. The number of rotatable bonds is 2. The first-order valence-electron chi connectivity index (χ1n) is 9.26. The minimum atomic E-state index is -0.000723. The molecule has 4 nitrogen and oxygen atoms in total. The average molecular weight is 370 g/mol. The molecule has 2 amide bonds. The summed E-state index contributed by atoms with van der Waals surface area (Å²) in [6, 6.07) is 15.7. The molecule has 0 bridgehead atoms. The zero-order chi connectivity index (χ0) is 18.0. The van der Waals surface area contributed by atoms with Crippen LogP contribution in [0.25, 0.3) is 11.1 Å². The fourth-order valence-corrected chi connectivity index (χ4v) is 4.36. The number of hydrogen-bond acceptors (Lipinski definition) is 2. The summed E-state index contributed by atoms with van der Waals surface area (Å²) in [6.45, 7) is 3.78. The van der Waals surface area contributed by atoms with Crippen molar-refractivity contribution in [2.75, 3.05) is 31.5 Å². The van der Waals surface area contributed by atoms with Crippen LogP contribution in [0.2, 0.25) is 5.02 Å². The molecule has 5 heteroatoms. The van der Waals surface area contributed by atoms with Gasteiger partial charge in [-0.15, -0.1) is 0 Å². The Kier molecular flexibility index (Phi) is 4.88. The lowest BCUT2D eigenvalue weighted by molar-refractivity contribution is 0.125. The molecule has 1 atom stereocenters. The Morgan fingerprint density at radius 3 is 2.69 bits per heavy atom. The Labute approximate surface area is 159 Å². The number of carbonyl (C=O) groups excluding carboxylic acids is 1. The van der Waals surface area contributed by atoms with Crippen LogP contribution >= 0.6 is 11.6 Å². The maximum Gasteiger partial charge on any atom is 0.321 e. The molecule has 2 N–H and O–H groups in total. The number of hydrogen-bond donors (Lipinski definition) is 2. The molecule has 2 heterocycles. The van der Waals surface area contributed by atoms with Gasteiger partial charge in [0.15, 0.2) is 0 Å². The zero-order valence-corrected chi connectivity index (χ0v) is 15.6. The van der Waals surface area contributed by atoms with E-state index >= 15 is 0 Å². The minimum Gasteiger partial charge on any atom is -0.324 e. The largest absolute Gasteiger partial charge is 0.324 e. The van der Waals surface area contributed by atoms with Gasteiger partial charge in [-0.1, -0.05) is 35.9 Å². The summed E-state index contributed by atoms with van der Waals surface area (Å²) >= 11 is 6.10. The number of nitrogens with one attached hydrogen (secondary N) is 2. The third kappa shape index (κ3) is 3.71. The minimum absolute atomic E-state index is 0.000723. The number of urea groups is 1. The van der Waals surface area contributed by atoms with E-state index < -0.39 is 0 Å². The molecule has 0 unspecified atom stereocenters. The molecule has 2 aromatic carbocycles. The Bertz CT molecular complexity index is 801. The predicted molar refractivity (Wildman–Crippen MR) is 107 cm³/mol. The number of likely N-dealkylation sites (tertiary alicyclic amines) is 1. The summed E-state index contributed by atoms with van der Waals surface area (Å²) in [5, 5.41) is 7.24. The molecule has 1 spiro atoms. The first-order chi connectivity index (χ1) is 12.6. The number of piperidine rings is 1. The summed E-state index contributed by atoms with van der Waals surface area (Å²) < 4.78 is 0. The second kappa shape index (κ2) is 7.29. The highest BCUT2D eigenvalue weighted by molar-refractivity contribution is 6.30. The van der Waals surface area contributed by atoms with Crippen molar-refractivity contribution in [3.8, 4) is 11.1 Å². The van der Waals surface area contributed by atoms with E-state index in [1.54, 1.807) is 0 Å². The van der Waals surface area contributed by atoms with Gasteiger partial charge in [0.05, 0.1) is 0 Å². The lowest BCUT2D eigenvalue weighted by atomic mass is 9.79. The number of halogens is 1. The Hall–Kier alpha value is -2.04. The van der Waals surface area contributed by atoms with Gasteiger partial charge in [-0.2, -0.15) is 0 Å². The van der Waals surface area contributed by atoms with Crippen LogP contribution in [-0.2, 0) is 0 Å². The molecule has 2 saturated heterocycles. The van der Waals surface area contributed by atoms with Crippen LogP contribution in [0.5, 0.6) is 0 Å². The summed E-state index contributed by atoms with van der Waals surface area (Å²) in [6.07, 6.45) is 3.46.